The Morgan fingerprint density at radius 3 is 1.85 bits per heavy atom. The van der Waals surface area contributed by atoms with E-state index in [1.165, 1.54) is 12.1 Å². The number of aromatic carboxylic acids is 1. The molecule has 0 unspecified atom stereocenters. The molecule has 0 amide bonds. The van der Waals surface area contributed by atoms with Crippen molar-refractivity contribution in [1.82, 2.24) is 0 Å². The first-order valence-electron chi connectivity index (χ1n) is 10.5. The van der Waals surface area contributed by atoms with Gasteiger partial charge in [0.15, 0.2) is 6.61 Å². The molecule has 39 heavy (non-hydrogen) atoms. The van der Waals surface area contributed by atoms with Crippen LogP contribution in [0.4, 0.5) is 30.7 Å². The van der Waals surface area contributed by atoms with Crippen LogP contribution < -0.4 is 14.2 Å². The van der Waals surface area contributed by atoms with E-state index in [4.69, 9.17) is 9.47 Å². The maximum atomic E-state index is 13.4. The first-order valence-corrected chi connectivity index (χ1v) is 10.5. The highest BCUT2D eigenvalue weighted by Crippen LogP contribution is 2.46. The molecule has 0 saturated heterocycles. The summed E-state index contributed by atoms with van der Waals surface area (Å²) in [6, 6.07) is 14.1. The number of rotatable bonds is 9. The molecule has 0 atom stereocenters. The van der Waals surface area contributed by atoms with E-state index >= 15 is 0 Å². The number of para-hydroxylation sites is 1. The quantitative estimate of drug-likeness (QED) is 0.194. The molecule has 0 radical (unpaired) electrons. The van der Waals surface area contributed by atoms with Crippen molar-refractivity contribution in [2.24, 2.45) is 0 Å². The van der Waals surface area contributed by atoms with Gasteiger partial charge in [-0.3, -0.25) is 0 Å². The van der Waals surface area contributed by atoms with Crippen molar-refractivity contribution in [3.63, 3.8) is 0 Å². The van der Waals surface area contributed by atoms with Crippen LogP contribution in [0.5, 0.6) is 17.2 Å². The predicted molar refractivity (Wildman–Crippen MR) is 118 cm³/mol. The number of ether oxygens (including phenoxy) is 3. The lowest BCUT2D eigenvalue weighted by Gasteiger charge is -2.27. The molecule has 0 heterocycles. The molecule has 0 aliphatic rings. The molecular weight excluding hydrogens is 545 g/mol. The van der Waals surface area contributed by atoms with Gasteiger partial charge >= 0.3 is 35.9 Å². The Morgan fingerprint density at radius 2 is 1.28 bits per heavy atom. The van der Waals surface area contributed by atoms with Gasteiger partial charge in [0.25, 0.3) is 0 Å². The van der Waals surface area contributed by atoms with Gasteiger partial charge in [0.2, 0.25) is 0 Å². The van der Waals surface area contributed by atoms with Crippen molar-refractivity contribution in [1.29, 1.82) is 0 Å². The van der Waals surface area contributed by atoms with Crippen LogP contribution in [0.25, 0.3) is 0 Å². The summed E-state index contributed by atoms with van der Waals surface area (Å²) in [5, 5.41) is 9.22. The number of hydrogen-bond donors (Lipinski definition) is 1. The summed E-state index contributed by atoms with van der Waals surface area (Å²) in [5.41, 5.74) is -1.04. The lowest BCUT2D eigenvalue weighted by Crippen LogP contribution is -2.54. The third-order valence-electron chi connectivity index (χ3n) is 4.93. The van der Waals surface area contributed by atoms with Crippen molar-refractivity contribution in [2.45, 2.75) is 18.0 Å². The summed E-state index contributed by atoms with van der Waals surface area (Å²) in [6.07, 6.45) is -6.51. The molecular formula is C25H15F7O7. The van der Waals surface area contributed by atoms with Crippen LogP contribution in [0.1, 0.15) is 31.1 Å². The molecule has 0 saturated carbocycles. The first kappa shape index (κ1) is 28.9. The topological polar surface area (TPSA) is 99.1 Å². The number of hydrogen-bond acceptors (Lipinski definition) is 6. The summed E-state index contributed by atoms with van der Waals surface area (Å²) in [7, 11) is 0. The van der Waals surface area contributed by atoms with Crippen molar-refractivity contribution >= 4 is 17.9 Å². The fourth-order valence-corrected chi connectivity index (χ4v) is 2.88. The number of alkyl halides is 7. The van der Waals surface area contributed by atoms with Gasteiger partial charge in [-0.15, -0.1) is 0 Å². The normalized spacial score (nSPS) is 12.0. The predicted octanol–water partition coefficient (Wildman–Crippen LogP) is 6.03. The summed E-state index contributed by atoms with van der Waals surface area (Å²) in [4.78, 5) is 36.5. The van der Waals surface area contributed by atoms with Gasteiger partial charge in [0, 0.05) is 0 Å². The standard InChI is InChI=1S/C25H15F7O7/c26-23(27,24(28,29)25(30,31)32)13-37-16-9-6-14(7-10-16)21(35)39-19-11-8-15(20(33)34)12-18(19)22(36)38-17-4-2-1-3-5-17/h1-12H,13H2,(H,33,34). The van der Waals surface area contributed by atoms with Gasteiger partial charge in [0.1, 0.15) is 22.8 Å². The first-order chi connectivity index (χ1) is 18.1. The second kappa shape index (κ2) is 11.0. The highest BCUT2D eigenvalue weighted by molar-refractivity contribution is 5.99. The molecule has 0 aromatic heterocycles. The molecule has 0 aliphatic heterocycles. The van der Waals surface area contributed by atoms with Crippen LogP contribution in [0, 0.1) is 0 Å². The van der Waals surface area contributed by atoms with Crippen LogP contribution in [-0.2, 0) is 0 Å². The minimum absolute atomic E-state index is 0.106. The summed E-state index contributed by atoms with van der Waals surface area (Å²) in [5.74, 6) is -16.4. The highest BCUT2D eigenvalue weighted by Gasteiger charge is 2.73. The summed E-state index contributed by atoms with van der Waals surface area (Å²) < 4.78 is 104. The maximum Gasteiger partial charge on any atom is 0.460 e. The second-order valence-corrected chi connectivity index (χ2v) is 7.70. The number of benzene rings is 3. The minimum atomic E-state index is -6.51. The van der Waals surface area contributed by atoms with E-state index in [0.29, 0.717) is 0 Å². The third-order valence-corrected chi connectivity index (χ3v) is 4.93. The van der Waals surface area contributed by atoms with Crippen molar-refractivity contribution in [2.75, 3.05) is 6.61 Å². The molecule has 1 N–H and O–H groups in total. The van der Waals surface area contributed by atoms with Crippen LogP contribution >= 0.6 is 0 Å². The zero-order valence-corrected chi connectivity index (χ0v) is 19.2. The van der Waals surface area contributed by atoms with Gasteiger partial charge in [-0.1, -0.05) is 18.2 Å². The molecule has 3 rings (SSSR count). The SMILES string of the molecule is O=C(O)c1ccc(OC(=O)c2ccc(OCC(F)(F)C(F)(F)C(F)(F)F)cc2)c(C(=O)Oc2ccccc2)c1. The zero-order valence-electron chi connectivity index (χ0n) is 19.2. The Labute approximate surface area is 214 Å². The van der Waals surface area contributed by atoms with Crippen LogP contribution in [0.15, 0.2) is 72.8 Å². The van der Waals surface area contributed by atoms with Crippen molar-refractivity contribution < 1.29 is 64.4 Å². The molecule has 3 aromatic carbocycles. The van der Waals surface area contributed by atoms with Crippen molar-refractivity contribution in [3.05, 3.63) is 89.5 Å². The van der Waals surface area contributed by atoms with Gasteiger partial charge in [0.05, 0.1) is 11.1 Å². The van der Waals surface area contributed by atoms with E-state index in [9.17, 15) is 50.2 Å². The van der Waals surface area contributed by atoms with Gasteiger partial charge < -0.3 is 19.3 Å². The second-order valence-electron chi connectivity index (χ2n) is 7.70. The van der Waals surface area contributed by atoms with Crippen LogP contribution in [0.2, 0.25) is 0 Å². The largest absolute Gasteiger partial charge is 0.487 e. The molecule has 0 bridgehead atoms. The third kappa shape index (κ3) is 6.64. The number of carboxylic acid groups (broad SMARTS) is 1. The van der Waals surface area contributed by atoms with Crippen molar-refractivity contribution in [3.8, 4) is 17.2 Å². The average Bonchev–Trinajstić information content (AvgIpc) is 2.87. The van der Waals surface area contributed by atoms with E-state index in [1.54, 1.807) is 18.2 Å². The van der Waals surface area contributed by atoms with E-state index < -0.39 is 59.6 Å². The molecule has 0 aliphatic carbocycles. The lowest BCUT2D eigenvalue weighted by atomic mass is 10.1. The molecule has 3 aromatic rings. The van der Waals surface area contributed by atoms with Gasteiger partial charge in [-0.25, -0.2) is 14.4 Å². The Hall–Kier alpha value is -4.62. The Balaban J connectivity index is 1.75. The zero-order chi connectivity index (χ0) is 29.0. The fourth-order valence-electron chi connectivity index (χ4n) is 2.88. The van der Waals surface area contributed by atoms with Gasteiger partial charge in [-0.05, 0) is 54.6 Å². The molecule has 7 nitrogen and oxygen atoms in total. The van der Waals surface area contributed by atoms with Crippen LogP contribution in [-0.4, -0.2) is 47.6 Å². The Bertz CT molecular complexity index is 1360. The monoisotopic (exact) mass is 560 g/mol. The highest BCUT2D eigenvalue weighted by atomic mass is 19.4. The lowest BCUT2D eigenvalue weighted by molar-refractivity contribution is -0.358. The molecule has 0 fully saturated rings. The van der Waals surface area contributed by atoms with Crippen LogP contribution in [0.3, 0.4) is 0 Å². The summed E-state index contributed by atoms with van der Waals surface area (Å²) in [6.45, 7) is -2.31. The molecule has 206 valence electrons. The number of carbonyl (C=O) groups is 3. The Morgan fingerprint density at radius 1 is 0.692 bits per heavy atom. The number of halogens is 7. The van der Waals surface area contributed by atoms with E-state index in [1.807, 2.05) is 0 Å². The number of carboxylic acids is 1. The van der Waals surface area contributed by atoms with E-state index in [2.05, 4.69) is 4.74 Å². The number of esters is 2. The smallest absolute Gasteiger partial charge is 0.460 e. The van der Waals surface area contributed by atoms with E-state index in [-0.39, 0.29) is 16.9 Å². The summed E-state index contributed by atoms with van der Waals surface area (Å²) >= 11 is 0. The molecule has 0 spiro atoms. The fraction of sp³-hybridized carbons (Fsp3) is 0.160. The van der Waals surface area contributed by atoms with Gasteiger partial charge in [-0.2, -0.15) is 30.7 Å². The molecule has 14 heteroatoms. The maximum absolute atomic E-state index is 13.4. The average molecular weight is 560 g/mol. The van der Waals surface area contributed by atoms with E-state index in [0.717, 1.165) is 42.5 Å². The Kier molecular flexibility index (Phi) is 8.17. The number of carbonyl (C=O) groups excluding carboxylic acids is 2. The minimum Gasteiger partial charge on any atom is -0.487 e.